The van der Waals surface area contributed by atoms with Crippen molar-refractivity contribution in [3.8, 4) is 0 Å². The summed E-state index contributed by atoms with van der Waals surface area (Å²) in [6, 6.07) is 23.7. The van der Waals surface area contributed by atoms with E-state index >= 15 is 0 Å². The number of benzene rings is 3. The standard InChI is InChI=1S/C34H39F2N3O2/c1-24(26-11-7-5-8-12-26)37(3)32(41)34(28-15-16-30(35)31(36)21-28)22-29(34)23-39-19-17-33(18-20-39,38(4)25(2)40)27-13-9-6-10-14-27/h5-16,21,24,29H,17-20,22-23H2,1-4H3. The Labute approximate surface area is 241 Å². The van der Waals surface area contributed by atoms with Crippen LogP contribution in [0, 0.1) is 17.6 Å². The normalized spacial score (nSPS) is 22.5. The van der Waals surface area contributed by atoms with E-state index in [2.05, 4.69) is 17.0 Å². The molecule has 5 rings (SSSR count). The minimum absolute atomic E-state index is 0.0277. The molecule has 1 aliphatic carbocycles. The fraction of sp³-hybridized carbons (Fsp3) is 0.412. The first-order valence-corrected chi connectivity index (χ1v) is 14.4. The predicted molar refractivity (Wildman–Crippen MR) is 156 cm³/mol. The van der Waals surface area contributed by atoms with Crippen molar-refractivity contribution in [2.75, 3.05) is 33.7 Å². The van der Waals surface area contributed by atoms with Gasteiger partial charge >= 0.3 is 0 Å². The number of carbonyl (C=O) groups is 2. The zero-order chi connectivity index (χ0) is 29.4. The van der Waals surface area contributed by atoms with Crippen molar-refractivity contribution >= 4 is 11.8 Å². The highest BCUT2D eigenvalue weighted by atomic mass is 19.2. The Morgan fingerprint density at radius 3 is 2.10 bits per heavy atom. The van der Waals surface area contributed by atoms with Gasteiger partial charge in [-0.3, -0.25) is 9.59 Å². The minimum atomic E-state index is -0.933. The Morgan fingerprint density at radius 1 is 0.902 bits per heavy atom. The summed E-state index contributed by atoms with van der Waals surface area (Å²) in [5.41, 5.74) is 1.39. The van der Waals surface area contributed by atoms with E-state index in [0.717, 1.165) is 43.1 Å². The molecule has 0 spiro atoms. The van der Waals surface area contributed by atoms with Gasteiger partial charge in [0.1, 0.15) is 0 Å². The number of piperidine rings is 1. The zero-order valence-electron chi connectivity index (χ0n) is 24.3. The van der Waals surface area contributed by atoms with Gasteiger partial charge in [0.2, 0.25) is 11.8 Å². The van der Waals surface area contributed by atoms with Crippen LogP contribution in [0.1, 0.15) is 55.8 Å². The molecule has 0 N–H and O–H groups in total. The lowest BCUT2D eigenvalue weighted by molar-refractivity contribution is -0.137. The molecule has 0 bridgehead atoms. The van der Waals surface area contributed by atoms with Gasteiger partial charge in [-0.1, -0.05) is 66.7 Å². The van der Waals surface area contributed by atoms with Crippen molar-refractivity contribution in [2.24, 2.45) is 5.92 Å². The summed E-state index contributed by atoms with van der Waals surface area (Å²) in [5, 5.41) is 0. The number of likely N-dealkylation sites (tertiary alicyclic amines) is 1. The molecule has 0 aromatic heterocycles. The van der Waals surface area contributed by atoms with Gasteiger partial charge in [0.15, 0.2) is 11.6 Å². The fourth-order valence-electron chi connectivity index (χ4n) is 6.79. The van der Waals surface area contributed by atoms with Crippen LogP contribution in [0.2, 0.25) is 0 Å². The Hall–Kier alpha value is -3.58. The van der Waals surface area contributed by atoms with E-state index in [9.17, 15) is 18.4 Å². The molecule has 5 nitrogen and oxygen atoms in total. The van der Waals surface area contributed by atoms with E-state index in [4.69, 9.17) is 0 Å². The Kier molecular flexibility index (Phi) is 8.02. The molecule has 1 saturated carbocycles. The SMILES string of the molecule is CC(=O)N(C)C1(c2ccccc2)CCN(CC2CC2(C(=O)N(C)C(C)c2ccccc2)c2ccc(F)c(F)c2)CC1. The molecule has 41 heavy (non-hydrogen) atoms. The monoisotopic (exact) mass is 559 g/mol. The summed E-state index contributed by atoms with van der Waals surface area (Å²) in [6.45, 7) is 5.80. The zero-order valence-corrected chi connectivity index (χ0v) is 24.3. The largest absolute Gasteiger partial charge is 0.338 e. The third kappa shape index (κ3) is 5.28. The Balaban J connectivity index is 1.37. The lowest BCUT2D eigenvalue weighted by atomic mass is 9.79. The van der Waals surface area contributed by atoms with Crippen molar-refractivity contribution in [3.63, 3.8) is 0 Å². The molecule has 3 aromatic rings. The van der Waals surface area contributed by atoms with Crippen molar-refractivity contribution < 1.29 is 18.4 Å². The molecule has 216 valence electrons. The topological polar surface area (TPSA) is 43.9 Å². The number of hydrogen-bond donors (Lipinski definition) is 0. The fourth-order valence-corrected chi connectivity index (χ4v) is 6.79. The Morgan fingerprint density at radius 2 is 1.51 bits per heavy atom. The second-order valence-electron chi connectivity index (χ2n) is 11.8. The highest BCUT2D eigenvalue weighted by Gasteiger charge is 2.62. The first-order chi connectivity index (χ1) is 19.6. The van der Waals surface area contributed by atoms with Crippen molar-refractivity contribution in [2.45, 2.75) is 50.1 Å². The molecule has 3 aromatic carbocycles. The van der Waals surface area contributed by atoms with Crippen LogP contribution < -0.4 is 0 Å². The van der Waals surface area contributed by atoms with Crippen LogP contribution in [0.25, 0.3) is 0 Å². The summed E-state index contributed by atoms with van der Waals surface area (Å²) in [4.78, 5) is 32.7. The van der Waals surface area contributed by atoms with Gasteiger partial charge in [-0.05, 0) is 60.9 Å². The van der Waals surface area contributed by atoms with Crippen LogP contribution in [0.15, 0.2) is 78.9 Å². The van der Waals surface area contributed by atoms with Gasteiger partial charge < -0.3 is 14.7 Å². The van der Waals surface area contributed by atoms with Crippen LogP contribution in [0.4, 0.5) is 8.78 Å². The molecular weight excluding hydrogens is 520 g/mol. The summed E-state index contributed by atoms with van der Waals surface area (Å²) < 4.78 is 28.4. The lowest BCUT2D eigenvalue weighted by Gasteiger charge is -2.48. The summed E-state index contributed by atoms with van der Waals surface area (Å²) in [7, 11) is 3.67. The van der Waals surface area contributed by atoms with E-state index in [1.807, 2.05) is 67.4 Å². The smallest absolute Gasteiger partial charge is 0.233 e. The van der Waals surface area contributed by atoms with Gasteiger partial charge in [0.25, 0.3) is 0 Å². The van der Waals surface area contributed by atoms with E-state index in [0.29, 0.717) is 18.5 Å². The summed E-state index contributed by atoms with van der Waals surface area (Å²) >= 11 is 0. The first kappa shape index (κ1) is 28.9. The van der Waals surface area contributed by atoms with Gasteiger partial charge in [-0.25, -0.2) is 8.78 Å². The molecule has 2 fully saturated rings. The number of rotatable bonds is 8. The highest BCUT2D eigenvalue weighted by Crippen LogP contribution is 2.57. The average molecular weight is 560 g/mol. The second kappa shape index (κ2) is 11.4. The maximum absolute atomic E-state index is 14.5. The van der Waals surface area contributed by atoms with Gasteiger partial charge in [0.05, 0.1) is 17.0 Å². The molecular formula is C34H39F2N3O2. The van der Waals surface area contributed by atoms with Crippen molar-refractivity contribution in [3.05, 3.63) is 107 Å². The molecule has 1 heterocycles. The second-order valence-corrected chi connectivity index (χ2v) is 11.8. The van der Waals surface area contributed by atoms with E-state index in [1.165, 1.54) is 6.07 Å². The quantitative estimate of drug-likeness (QED) is 0.345. The number of hydrogen-bond acceptors (Lipinski definition) is 3. The number of amides is 2. The molecule has 7 heteroatoms. The molecule has 2 amide bonds. The van der Waals surface area contributed by atoms with Crippen LogP contribution in [-0.4, -0.2) is 60.2 Å². The van der Waals surface area contributed by atoms with E-state index in [-0.39, 0.29) is 29.3 Å². The minimum Gasteiger partial charge on any atom is -0.338 e. The van der Waals surface area contributed by atoms with Crippen LogP contribution in [0.5, 0.6) is 0 Å². The van der Waals surface area contributed by atoms with E-state index < -0.39 is 17.0 Å². The lowest BCUT2D eigenvalue weighted by Crippen LogP contribution is -2.53. The third-order valence-electron chi connectivity index (χ3n) is 9.69. The number of halogens is 2. The maximum atomic E-state index is 14.5. The predicted octanol–water partition coefficient (Wildman–Crippen LogP) is 5.91. The third-order valence-corrected chi connectivity index (χ3v) is 9.69. The average Bonchev–Trinajstić information content (AvgIpc) is 3.72. The van der Waals surface area contributed by atoms with Crippen LogP contribution in [0.3, 0.4) is 0 Å². The molecule has 3 unspecified atom stereocenters. The number of likely N-dealkylation sites (N-methyl/N-ethyl adjacent to an activating group) is 1. The first-order valence-electron chi connectivity index (χ1n) is 14.4. The molecule has 0 radical (unpaired) electrons. The highest BCUT2D eigenvalue weighted by molar-refractivity contribution is 5.92. The molecule has 3 atom stereocenters. The van der Waals surface area contributed by atoms with Gasteiger partial charge in [-0.2, -0.15) is 0 Å². The summed E-state index contributed by atoms with van der Waals surface area (Å²) in [5.74, 6) is -1.92. The maximum Gasteiger partial charge on any atom is 0.233 e. The molecule has 1 aliphatic heterocycles. The van der Waals surface area contributed by atoms with Gasteiger partial charge in [-0.15, -0.1) is 0 Å². The van der Waals surface area contributed by atoms with E-state index in [1.54, 1.807) is 24.9 Å². The molecule has 1 saturated heterocycles. The summed E-state index contributed by atoms with van der Waals surface area (Å²) in [6.07, 6.45) is 2.13. The Bertz CT molecular complexity index is 1390. The van der Waals surface area contributed by atoms with Crippen LogP contribution >= 0.6 is 0 Å². The van der Waals surface area contributed by atoms with Crippen LogP contribution in [-0.2, 0) is 20.5 Å². The van der Waals surface area contributed by atoms with Crippen molar-refractivity contribution in [1.82, 2.24) is 14.7 Å². The van der Waals surface area contributed by atoms with Gasteiger partial charge in [0, 0.05) is 40.7 Å². The molecule has 2 aliphatic rings. The number of nitrogens with zero attached hydrogens (tertiary/aromatic N) is 3. The number of carbonyl (C=O) groups excluding carboxylic acids is 2. The van der Waals surface area contributed by atoms with Crippen molar-refractivity contribution in [1.29, 1.82) is 0 Å².